The summed E-state index contributed by atoms with van der Waals surface area (Å²) in [5.74, 6) is -0.513. The van der Waals surface area contributed by atoms with Gasteiger partial charge in [-0.05, 0) is 61.3 Å². The smallest absolute Gasteiger partial charge is 0.323 e. The lowest BCUT2D eigenvalue weighted by atomic mass is 9.69. The van der Waals surface area contributed by atoms with Crippen LogP contribution in [0.2, 0.25) is 0 Å². The minimum absolute atomic E-state index is 0.117. The van der Waals surface area contributed by atoms with Crippen LogP contribution in [0.5, 0.6) is 5.75 Å². The average molecular weight is 551 g/mol. The van der Waals surface area contributed by atoms with Crippen LogP contribution >= 0.6 is 0 Å². The number of ether oxygens (including phenoxy) is 2. The Hall–Kier alpha value is -3.20. The van der Waals surface area contributed by atoms with E-state index in [2.05, 4.69) is 30.6 Å². The van der Waals surface area contributed by atoms with Gasteiger partial charge < -0.3 is 30.3 Å². The van der Waals surface area contributed by atoms with Gasteiger partial charge >= 0.3 is 5.97 Å². The molecule has 8 nitrogen and oxygen atoms in total. The first kappa shape index (κ1) is 29.8. The minimum Gasteiger partial charge on any atom is -0.507 e. The Morgan fingerprint density at radius 1 is 1.20 bits per heavy atom. The van der Waals surface area contributed by atoms with Gasteiger partial charge in [-0.1, -0.05) is 70.2 Å². The van der Waals surface area contributed by atoms with Crippen LogP contribution in [-0.4, -0.2) is 54.5 Å². The van der Waals surface area contributed by atoms with Gasteiger partial charge in [0.05, 0.1) is 11.3 Å². The fourth-order valence-corrected chi connectivity index (χ4v) is 6.31. The number of anilines is 1. The fraction of sp³-hybridized carbons (Fsp3) is 0.500. The number of phenols is 1. The van der Waals surface area contributed by atoms with Crippen molar-refractivity contribution in [3.63, 3.8) is 0 Å². The summed E-state index contributed by atoms with van der Waals surface area (Å²) in [5, 5.41) is 29.3. The summed E-state index contributed by atoms with van der Waals surface area (Å²) in [6.07, 6.45) is 4.94. The maximum atomic E-state index is 12.8. The lowest BCUT2D eigenvalue weighted by Crippen LogP contribution is -2.52. The van der Waals surface area contributed by atoms with Crippen molar-refractivity contribution in [1.82, 2.24) is 5.32 Å². The number of amides is 1. The number of benzene rings is 2. The second-order valence-corrected chi connectivity index (χ2v) is 11.9. The summed E-state index contributed by atoms with van der Waals surface area (Å²) in [7, 11) is 3.14. The molecule has 0 bridgehead atoms. The summed E-state index contributed by atoms with van der Waals surface area (Å²) in [6.45, 7) is 8.26. The Balaban J connectivity index is 1.59. The number of carbonyl (C=O) groups excluding carboxylic acids is 2. The van der Waals surface area contributed by atoms with E-state index >= 15 is 0 Å². The van der Waals surface area contributed by atoms with Crippen molar-refractivity contribution in [1.29, 1.82) is 0 Å². The van der Waals surface area contributed by atoms with E-state index in [-0.39, 0.29) is 46.7 Å². The maximum absolute atomic E-state index is 12.8. The van der Waals surface area contributed by atoms with Crippen molar-refractivity contribution in [2.45, 2.75) is 70.8 Å². The number of methoxy groups -OCH3 is 1. The molecule has 1 fully saturated rings. The van der Waals surface area contributed by atoms with Crippen LogP contribution in [0.1, 0.15) is 63.6 Å². The summed E-state index contributed by atoms with van der Waals surface area (Å²) in [4.78, 5) is 25.5. The number of fused-ring (bicyclic) bond motifs is 1. The predicted octanol–water partition coefficient (Wildman–Crippen LogP) is 4.59. The van der Waals surface area contributed by atoms with E-state index < -0.39 is 17.6 Å². The highest BCUT2D eigenvalue weighted by atomic mass is 16.5. The van der Waals surface area contributed by atoms with E-state index in [1.165, 1.54) is 7.11 Å². The SMILES string of the molecule is CNC(C(=O)O[C@H]1CC[C@@](C)(/C=C/c2ccc3c(c2O)[C@@](O)(c2ccccc2)[C@H](OC)C(=O)N3)C[C@@H]1C)C(C)C. The number of carbonyl (C=O) groups is 2. The Labute approximate surface area is 236 Å². The van der Waals surface area contributed by atoms with Gasteiger partial charge in [0.25, 0.3) is 5.91 Å². The normalized spacial score (nSPS) is 29.2. The van der Waals surface area contributed by atoms with Crippen LogP contribution in [-0.2, 0) is 24.7 Å². The topological polar surface area (TPSA) is 117 Å². The van der Waals surface area contributed by atoms with Gasteiger partial charge in [0.15, 0.2) is 11.7 Å². The molecule has 4 rings (SSSR count). The first-order valence-corrected chi connectivity index (χ1v) is 14.0. The fourth-order valence-electron chi connectivity index (χ4n) is 6.31. The minimum atomic E-state index is -1.89. The molecule has 0 saturated heterocycles. The molecule has 1 aliphatic carbocycles. The van der Waals surface area contributed by atoms with Gasteiger partial charge in [-0.25, -0.2) is 0 Å². The van der Waals surface area contributed by atoms with E-state index in [0.717, 1.165) is 19.3 Å². The van der Waals surface area contributed by atoms with Crippen LogP contribution in [0.3, 0.4) is 0 Å². The molecule has 4 N–H and O–H groups in total. The quantitative estimate of drug-likeness (QED) is 0.355. The number of allylic oxidation sites excluding steroid dienone is 1. The van der Waals surface area contributed by atoms with Gasteiger partial charge in [-0.3, -0.25) is 9.59 Å². The summed E-state index contributed by atoms with van der Waals surface area (Å²) in [6, 6.07) is 11.9. The first-order chi connectivity index (χ1) is 18.9. The molecule has 8 heteroatoms. The summed E-state index contributed by atoms with van der Waals surface area (Å²) < 4.78 is 11.4. The molecule has 2 aromatic rings. The van der Waals surface area contributed by atoms with Crippen LogP contribution in [0.15, 0.2) is 48.5 Å². The molecule has 2 aromatic carbocycles. The molecular weight excluding hydrogens is 508 g/mol. The molecule has 1 saturated carbocycles. The zero-order valence-corrected chi connectivity index (χ0v) is 24.2. The van der Waals surface area contributed by atoms with Gasteiger partial charge in [0.1, 0.15) is 17.9 Å². The van der Waals surface area contributed by atoms with Crippen molar-refractivity contribution < 1.29 is 29.3 Å². The van der Waals surface area contributed by atoms with Gasteiger partial charge in [0, 0.05) is 12.7 Å². The van der Waals surface area contributed by atoms with E-state index in [1.54, 1.807) is 43.4 Å². The number of nitrogens with one attached hydrogen (secondary N) is 2. The van der Waals surface area contributed by atoms with E-state index in [9.17, 15) is 19.8 Å². The molecule has 6 atom stereocenters. The van der Waals surface area contributed by atoms with Crippen LogP contribution in [0.4, 0.5) is 5.69 Å². The van der Waals surface area contributed by atoms with Crippen molar-refractivity contribution in [2.24, 2.45) is 17.3 Å². The lowest BCUT2D eigenvalue weighted by molar-refractivity contribution is -0.158. The van der Waals surface area contributed by atoms with Crippen molar-refractivity contribution in [3.8, 4) is 5.75 Å². The third-order valence-electron chi connectivity index (χ3n) is 8.50. The molecule has 1 heterocycles. The molecular formula is C32H42N2O6. The number of esters is 1. The Morgan fingerprint density at radius 3 is 2.50 bits per heavy atom. The molecule has 0 aromatic heterocycles. The summed E-state index contributed by atoms with van der Waals surface area (Å²) >= 11 is 0. The first-order valence-electron chi connectivity index (χ1n) is 14.0. The van der Waals surface area contributed by atoms with Crippen molar-refractivity contribution in [3.05, 3.63) is 65.2 Å². The number of phenolic OH excluding ortho intramolecular Hbond substituents is 1. The Morgan fingerprint density at radius 2 is 1.90 bits per heavy atom. The van der Waals surface area contributed by atoms with Crippen LogP contribution < -0.4 is 10.6 Å². The molecule has 1 amide bonds. The second-order valence-electron chi connectivity index (χ2n) is 11.9. The number of aliphatic hydroxyl groups is 1. The number of aromatic hydroxyl groups is 1. The van der Waals surface area contributed by atoms with Gasteiger partial charge in [0.2, 0.25) is 0 Å². The second kappa shape index (κ2) is 11.7. The third-order valence-corrected chi connectivity index (χ3v) is 8.50. The maximum Gasteiger partial charge on any atom is 0.323 e. The molecule has 216 valence electrons. The number of rotatable bonds is 8. The average Bonchev–Trinajstić information content (AvgIpc) is 2.90. The van der Waals surface area contributed by atoms with Gasteiger partial charge in [-0.2, -0.15) is 0 Å². The molecule has 1 unspecified atom stereocenters. The molecule has 40 heavy (non-hydrogen) atoms. The Bertz CT molecular complexity index is 1260. The van der Waals surface area contributed by atoms with E-state index in [0.29, 0.717) is 16.8 Å². The highest BCUT2D eigenvalue weighted by Crippen LogP contribution is 2.48. The van der Waals surface area contributed by atoms with Crippen LogP contribution in [0, 0.1) is 17.3 Å². The predicted molar refractivity (Wildman–Crippen MR) is 155 cm³/mol. The van der Waals surface area contributed by atoms with Crippen LogP contribution in [0.25, 0.3) is 6.08 Å². The molecule has 0 spiro atoms. The largest absolute Gasteiger partial charge is 0.507 e. The van der Waals surface area contributed by atoms with E-state index in [1.807, 2.05) is 26.0 Å². The number of hydrogen-bond acceptors (Lipinski definition) is 7. The highest BCUT2D eigenvalue weighted by Gasteiger charge is 2.51. The molecule has 0 radical (unpaired) electrons. The standard InChI is InChI=1S/C32H42N2O6/c1-19(2)26(33-5)30(37)40-24-15-17-31(4,18-20(24)3)16-14-21-12-13-23-25(27(21)35)32(38,22-10-8-7-9-11-22)28(39-6)29(36)34-23/h7-14,16,19-20,24,26,28,33,35,38H,15,17-18H2,1-6H3,(H,34,36)/b16-14+/t20-,24-,26?,28+,31+,32-/m0/s1. The number of hydrogen-bond donors (Lipinski definition) is 4. The number of likely N-dealkylation sites (N-methyl/N-ethyl adjacent to an activating group) is 1. The third kappa shape index (κ3) is 5.53. The molecule has 1 aliphatic heterocycles. The lowest BCUT2D eigenvalue weighted by Gasteiger charge is -2.41. The zero-order valence-electron chi connectivity index (χ0n) is 24.2. The van der Waals surface area contributed by atoms with E-state index in [4.69, 9.17) is 9.47 Å². The monoisotopic (exact) mass is 550 g/mol. The Kier molecular flexibility index (Phi) is 8.73. The van der Waals surface area contributed by atoms with Gasteiger partial charge in [-0.15, -0.1) is 0 Å². The van der Waals surface area contributed by atoms with Crippen molar-refractivity contribution in [2.75, 3.05) is 19.5 Å². The van der Waals surface area contributed by atoms with Crippen molar-refractivity contribution >= 4 is 23.6 Å². The highest BCUT2D eigenvalue weighted by molar-refractivity contribution is 6.00. The molecule has 2 aliphatic rings. The summed E-state index contributed by atoms with van der Waals surface area (Å²) in [5.41, 5.74) is -0.558. The zero-order chi connectivity index (χ0) is 29.2.